The number of piperidine rings is 1. The van der Waals surface area contributed by atoms with E-state index in [0.717, 1.165) is 24.9 Å². The number of hydrogen-bond donors (Lipinski definition) is 3. The third-order valence-corrected chi connectivity index (χ3v) is 11.2. The number of amides is 2. The standard InChI is InChI=1S/C30H40FN3O5Si/c1-19-27(40(3,4)31)26(12-14-35)39-30(19)24-16-23(38-2)10-11-25(24)34(29(30)37)18-20-7-5-9-22(15-20)33-28(36)21-8-6-13-32-17-21/h5,7,9-11,15-16,19,21,26-27,32,35H,6,8,12-14,17-18H2,1-4H3,(H,33,36)/t19-,21?,26+,27-,30+/m1/s1. The Morgan fingerprint density at radius 3 is 2.77 bits per heavy atom. The summed E-state index contributed by atoms with van der Waals surface area (Å²) in [6.45, 7) is 6.92. The van der Waals surface area contributed by atoms with Crippen LogP contribution in [0.15, 0.2) is 42.5 Å². The molecule has 3 aliphatic heterocycles. The maximum atomic E-state index is 15.7. The van der Waals surface area contributed by atoms with E-state index in [1.165, 1.54) is 0 Å². The van der Waals surface area contributed by atoms with Crippen LogP contribution in [0.25, 0.3) is 0 Å². The summed E-state index contributed by atoms with van der Waals surface area (Å²) >= 11 is 0. The number of methoxy groups -OCH3 is 1. The first-order valence-corrected chi connectivity index (χ1v) is 17.1. The molecule has 3 heterocycles. The van der Waals surface area contributed by atoms with Crippen LogP contribution in [-0.2, 0) is 26.5 Å². The molecule has 216 valence electrons. The van der Waals surface area contributed by atoms with E-state index in [9.17, 15) is 14.7 Å². The summed E-state index contributed by atoms with van der Waals surface area (Å²) in [5.74, 6) is -0.165. The van der Waals surface area contributed by atoms with Gasteiger partial charge in [0, 0.05) is 35.9 Å². The fourth-order valence-electron chi connectivity index (χ4n) is 6.96. The van der Waals surface area contributed by atoms with Crippen LogP contribution in [0.5, 0.6) is 5.75 Å². The number of anilines is 2. The highest BCUT2D eigenvalue weighted by Gasteiger charge is 2.66. The van der Waals surface area contributed by atoms with Gasteiger partial charge >= 0.3 is 0 Å². The van der Waals surface area contributed by atoms with Crippen LogP contribution in [0.1, 0.15) is 37.3 Å². The lowest BCUT2D eigenvalue weighted by Gasteiger charge is -2.31. The molecule has 3 aliphatic rings. The minimum absolute atomic E-state index is 0.00913. The number of aliphatic hydroxyl groups is 1. The number of benzene rings is 2. The van der Waals surface area contributed by atoms with Gasteiger partial charge in [0.1, 0.15) is 5.75 Å². The predicted molar refractivity (Wildman–Crippen MR) is 155 cm³/mol. The van der Waals surface area contributed by atoms with E-state index in [1.807, 2.05) is 49.4 Å². The van der Waals surface area contributed by atoms with Gasteiger partial charge in [-0.3, -0.25) is 9.59 Å². The molecule has 2 aromatic carbocycles. The van der Waals surface area contributed by atoms with Gasteiger partial charge in [-0.2, -0.15) is 0 Å². The van der Waals surface area contributed by atoms with Crippen molar-refractivity contribution in [2.24, 2.45) is 11.8 Å². The van der Waals surface area contributed by atoms with Crippen LogP contribution in [0.3, 0.4) is 0 Å². The number of halogens is 1. The van der Waals surface area contributed by atoms with Crippen molar-refractivity contribution in [2.75, 3.05) is 37.0 Å². The Morgan fingerprint density at radius 2 is 2.10 bits per heavy atom. The molecule has 0 radical (unpaired) electrons. The molecule has 2 saturated heterocycles. The zero-order valence-corrected chi connectivity index (χ0v) is 24.7. The van der Waals surface area contributed by atoms with Crippen molar-refractivity contribution < 1.29 is 28.3 Å². The molecular formula is C30H40FN3O5Si. The van der Waals surface area contributed by atoms with Crippen molar-refractivity contribution in [3.05, 3.63) is 53.6 Å². The maximum Gasteiger partial charge on any atom is 0.264 e. The molecular weight excluding hydrogens is 529 g/mol. The Balaban J connectivity index is 1.47. The number of nitrogens with zero attached hydrogens (tertiary/aromatic N) is 1. The first-order valence-electron chi connectivity index (χ1n) is 14.2. The number of ether oxygens (including phenoxy) is 2. The average Bonchev–Trinajstić information content (AvgIpc) is 3.36. The lowest BCUT2D eigenvalue weighted by atomic mass is 9.82. The molecule has 3 N–H and O–H groups in total. The van der Waals surface area contributed by atoms with E-state index in [2.05, 4.69) is 10.6 Å². The van der Waals surface area contributed by atoms with Crippen molar-refractivity contribution in [1.29, 1.82) is 0 Å². The second kappa shape index (κ2) is 11.2. The fraction of sp³-hybridized carbons (Fsp3) is 0.533. The second-order valence-electron chi connectivity index (χ2n) is 11.8. The Morgan fingerprint density at radius 1 is 1.30 bits per heavy atom. The molecule has 5 rings (SSSR count). The second-order valence-corrected chi connectivity index (χ2v) is 15.6. The number of carbonyl (C=O) groups is 2. The van der Waals surface area contributed by atoms with E-state index in [1.54, 1.807) is 25.1 Å². The monoisotopic (exact) mass is 569 g/mol. The number of rotatable bonds is 8. The summed E-state index contributed by atoms with van der Waals surface area (Å²) in [7, 11) is -1.70. The molecule has 2 fully saturated rings. The molecule has 1 spiro atoms. The van der Waals surface area contributed by atoms with Gasteiger partial charge in [-0.1, -0.05) is 19.1 Å². The zero-order chi connectivity index (χ0) is 28.7. The van der Waals surface area contributed by atoms with Crippen LogP contribution in [0, 0.1) is 11.8 Å². The summed E-state index contributed by atoms with van der Waals surface area (Å²) < 4.78 is 27.8. The van der Waals surface area contributed by atoms with E-state index in [4.69, 9.17) is 9.47 Å². The third-order valence-electron chi connectivity index (χ3n) is 8.78. The maximum absolute atomic E-state index is 15.7. The molecule has 8 nitrogen and oxygen atoms in total. The molecule has 0 aliphatic carbocycles. The van der Waals surface area contributed by atoms with Crippen LogP contribution in [0.4, 0.5) is 15.5 Å². The summed E-state index contributed by atoms with van der Waals surface area (Å²) in [4.78, 5) is 28.9. The molecule has 2 aromatic rings. The van der Waals surface area contributed by atoms with Crippen molar-refractivity contribution in [2.45, 2.75) is 63.1 Å². The Labute approximate surface area is 236 Å². The quantitative estimate of drug-likeness (QED) is 0.323. The van der Waals surface area contributed by atoms with Crippen molar-refractivity contribution >= 4 is 31.6 Å². The zero-order valence-electron chi connectivity index (χ0n) is 23.7. The summed E-state index contributed by atoms with van der Waals surface area (Å²) in [5, 5.41) is 16.1. The number of nitrogens with one attached hydrogen (secondary N) is 2. The van der Waals surface area contributed by atoms with E-state index >= 15 is 4.11 Å². The SMILES string of the molecule is COc1ccc2c(c1)[C@]1(O[C@@H](CCO)[C@H]([Si](C)(C)F)[C@H]1C)C(=O)N2Cc1cccc(NC(=O)C2CCCNC2)c1. The molecule has 1 unspecified atom stereocenters. The van der Waals surface area contributed by atoms with E-state index in [0.29, 0.717) is 29.2 Å². The van der Waals surface area contributed by atoms with Crippen LogP contribution in [0.2, 0.25) is 18.6 Å². The summed E-state index contributed by atoms with van der Waals surface area (Å²) in [5.41, 5.74) is 1.06. The first-order chi connectivity index (χ1) is 19.1. The van der Waals surface area contributed by atoms with Gasteiger partial charge in [0.2, 0.25) is 14.3 Å². The number of hydrogen-bond acceptors (Lipinski definition) is 6. The van der Waals surface area contributed by atoms with Crippen LogP contribution < -0.4 is 20.3 Å². The lowest BCUT2D eigenvalue weighted by molar-refractivity contribution is -0.146. The fourth-order valence-corrected chi connectivity index (χ4v) is 9.50. The topological polar surface area (TPSA) is 100 Å². The Bertz CT molecular complexity index is 1260. The number of carbonyl (C=O) groups excluding carboxylic acids is 2. The van der Waals surface area contributed by atoms with Gasteiger partial charge in [-0.25, -0.2) is 0 Å². The smallest absolute Gasteiger partial charge is 0.264 e. The molecule has 5 atom stereocenters. The molecule has 0 bridgehead atoms. The lowest BCUT2D eigenvalue weighted by Crippen LogP contribution is -2.45. The van der Waals surface area contributed by atoms with Gasteiger partial charge in [0.25, 0.3) is 5.91 Å². The average molecular weight is 570 g/mol. The predicted octanol–water partition coefficient (Wildman–Crippen LogP) is 4.34. The highest BCUT2D eigenvalue weighted by atomic mass is 28.4. The Kier molecular flexibility index (Phi) is 8.07. The van der Waals surface area contributed by atoms with Crippen LogP contribution >= 0.6 is 0 Å². The molecule has 0 aromatic heterocycles. The van der Waals surface area contributed by atoms with Gasteiger partial charge in [0.05, 0.1) is 31.4 Å². The third kappa shape index (κ3) is 5.06. The number of fused-ring (bicyclic) bond motifs is 2. The highest BCUT2D eigenvalue weighted by molar-refractivity contribution is 6.72. The summed E-state index contributed by atoms with van der Waals surface area (Å²) in [6.07, 6.45) is 1.53. The van der Waals surface area contributed by atoms with Gasteiger partial charge in [-0.15, -0.1) is 0 Å². The largest absolute Gasteiger partial charge is 0.497 e. The minimum Gasteiger partial charge on any atom is -0.497 e. The van der Waals surface area contributed by atoms with Crippen molar-refractivity contribution in [3.8, 4) is 5.75 Å². The minimum atomic E-state index is -3.27. The van der Waals surface area contributed by atoms with Crippen molar-refractivity contribution in [3.63, 3.8) is 0 Å². The summed E-state index contributed by atoms with van der Waals surface area (Å²) in [6, 6.07) is 13.0. The molecule has 0 saturated carbocycles. The van der Waals surface area contributed by atoms with Crippen LogP contribution in [-0.4, -0.2) is 58.2 Å². The first kappa shape index (κ1) is 28.7. The molecule has 10 heteroatoms. The van der Waals surface area contributed by atoms with Gasteiger partial charge in [-0.05, 0) is 74.8 Å². The van der Waals surface area contributed by atoms with Gasteiger partial charge < -0.3 is 34.2 Å². The van der Waals surface area contributed by atoms with Gasteiger partial charge in [0.15, 0.2) is 5.60 Å². The highest BCUT2D eigenvalue weighted by Crippen LogP contribution is 2.60. The molecule has 40 heavy (non-hydrogen) atoms. The van der Waals surface area contributed by atoms with E-state index < -0.39 is 31.6 Å². The molecule has 2 amide bonds. The Hall–Kier alpha value is -2.79. The normalized spacial score (nSPS) is 28.1. The number of aliphatic hydroxyl groups excluding tert-OH is 1. The van der Waals surface area contributed by atoms with Crippen molar-refractivity contribution in [1.82, 2.24) is 5.32 Å². The van der Waals surface area contributed by atoms with E-state index in [-0.39, 0.29) is 37.3 Å².